The molecule has 0 radical (unpaired) electrons. The van der Waals surface area contributed by atoms with Crippen molar-refractivity contribution in [3.05, 3.63) is 54.4 Å². The lowest BCUT2D eigenvalue weighted by molar-refractivity contribution is -0.117. The number of para-hydroxylation sites is 2. The molecule has 2 aromatic rings. The largest absolute Gasteiger partial charge is 0.396 e. The fourth-order valence-corrected chi connectivity index (χ4v) is 3.24. The van der Waals surface area contributed by atoms with Crippen molar-refractivity contribution in [3.63, 3.8) is 0 Å². The van der Waals surface area contributed by atoms with E-state index in [9.17, 15) is 9.90 Å². The summed E-state index contributed by atoms with van der Waals surface area (Å²) in [7, 11) is 0. The second-order valence-corrected chi connectivity index (χ2v) is 6.63. The molecular weight excluding hydrogens is 314 g/mol. The molecule has 1 fully saturated rings. The Morgan fingerprint density at radius 1 is 1.28 bits per heavy atom. The second kappa shape index (κ2) is 8.12. The lowest BCUT2D eigenvalue weighted by atomic mass is 9.97. The number of hydrogen-bond donors (Lipinski definition) is 2. The summed E-state index contributed by atoms with van der Waals surface area (Å²) in [4.78, 5) is 19.0. The van der Waals surface area contributed by atoms with Crippen LogP contribution in [0.2, 0.25) is 0 Å². The van der Waals surface area contributed by atoms with E-state index < -0.39 is 0 Å². The van der Waals surface area contributed by atoms with Crippen molar-refractivity contribution in [1.82, 2.24) is 4.98 Å². The predicted molar refractivity (Wildman–Crippen MR) is 99.7 cm³/mol. The van der Waals surface area contributed by atoms with Gasteiger partial charge in [-0.2, -0.15) is 0 Å². The van der Waals surface area contributed by atoms with Gasteiger partial charge in [0.25, 0.3) is 0 Å². The van der Waals surface area contributed by atoms with Gasteiger partial charge in [0.15, 0.2) is 0 Å². The van der Waals surface area contributed by atoms with Crippen LogP contribution in [0.25, 0.3) is 0 Å². The number of benzene rings is 1. The van der Waals surface area contributed by atoms with E-state index in [0.717, 1.165) is 42.9 Å². The van der Waals surface area contributed by atoms with E-state index in [-0.39, 0.29) is 18.4 Å². The van der Waals surface area contributed by atoms with Gasteiger partial charge in [-0.05, 0) is 49.4 Å². The Bertz CT molecular complexity index is 697. The summed E-state index contributed by atoms with van der Waals surface area (Å²) in [5.41, 5.74) is 2.79. The van der Waals surface area contributed by atoms with Crippen molar-refractivity contribution in [2.45, 2.75) is 25.7 Å². The lowest BCUT2D eigenvalue weighted by Gasteiger charge is -2.34. The summed E-state index contributed by atoms with van der Waals surface area (Å²) < 4.78 is 0. The van der Waals surface area contributed by atoms with Gasteiger partial charge in [-0.1, -0.05) is 18.2 Å². The number of aliphatic hydroxyl groups is 1. The average molecular weight is 339 g/mol. The zero-order valence-corrected chi connectivity index (χ0v) is 14.6. The Kier molecular flexibility index (Phi) is 5.66. The van der Waals surface area contributed by atoms with E-state index in [1.807, 2.05) is 43.3 Å². The van der Waals surface area contributed by atoms with Crippen LogP contribution in [0.3, 0.4) is 0 Å². The van der Waals surface area contributed by atoms with Crippen LogP contribution in [0, 0.1) is 5.92 Å². The molecule has 1 amide bonds. The molecule has 25 heavy (non-hydrogen) atoms. The molecule has 2 heterocycles. The Balaban J connectivity index is 1.72. The molecule has 5 nitrogen and oxygen atoms in total. The van der Waals surface area contributed by atoms with Gasteiger partial charge in [-0.15, -0.1) is 0 Å². The number of aliphatic hydroxyl groups excluding tert-OH is 1. The number of aromatic nitrogens is 1. The maximum atomic E-state index is 12.7. The molecular formula is C20H25N3O2. The molecule has 0 spiro atoms. The summed E-state index contributed by atoms with van der Waals surface area (Å²) in [6, 6.07) is 11.7. The number of amides is 1. The van der Waals surface area contributed by atoms with Crippen molar-refractivity contribution in [3.8, 4) is 0 Å². The molecule has 3 rings (SSSR count). The van der Waals surface area contributed by atoms with Crippen molar-refractivity contribution in [1.29, 1.82) is 0 Å². The molecule has 2 N–H and O–H groups in total. The van der Waals surface area contributed by atoms with Crippen LogP contribution < -0.4 is 10.2 Å². The first kappa shape index (κ1) is 17.4. The second-order valence-electron chi connectivity index (χ2n) is 6.63. The zero-order chi connectivity index (χ0) is 17.6. The standard InChI is InChI=1S/C20H25N3O2/c1-15(17-5-4-10-21-13-17)20(25)22-18-6-2-3-7-19(18)23-11-8-16(14-24)9-12-23/h2-7,10,13,15-16,24H,8-9,11-12,14H2,1H3,(H,22,25). The third kappa shape index (κ3) is 4.17. The Morgan fingerprint density at radius 2 is 2.04 bits per heavy atom. The highest BCUT2D eigenvalue weighted by Gasteiger charge is 2.22. The third-order valence-electron chi connectivity index (χ3n) is 4.95. The average Bonchev–Trinajstić information content (AvgIpc) is 2.68. The Morgan fingerprint density at radius 3 is 2.72 bits per heavy atom. The molecule has 1 aromatic carbocycles. The maximum Gasteiger partial charge on any atom is 0.231 e. The smallest absolute Gasteiger partial charge is 0.231 e. The summed E-state index contributed by atoms with van der Waals surface area (Å²) in [5.74, 6) is 0.0937. The third-order valence-corrected chi connectivity index (χ3v) is 4.95. The first-order valence-corrected chi connectivity index (χ1v) is 8.84. The Labute approximate surface area is 148 Å². The van der Waals surface area contributed by atoms with Crippen molar-refractivity contribution >= 4 is 17.3 Å². The van der Waals surface area contributed by atoms with Gasteiger partial charge in [0, 0.05) is 32.1 Å². The molecule has 1 saturated heterocycles. The SMILES string of the molecule is CC(C(=O)Nc1ccccc1N1CCC(CO)CC1)c1cccnc1. The van der Waals surface area contributed by atoms with E-state index in [1.54, 1.807) is 12.4 Å². The maximum absolute atomic E-state index is 12.7. The van der Waals surface area contributed by atoms with Gasteiger partial charge in [-0.3, -0.25) is 9.78 Å². The molecule has 1 atom stereocenters. The number of rotatable bonds is 5. The van der Waals surface area contributed by atoms with Crippen LogP contribution in [0.5, 0.6) is 0 Å². The van der Waals surface area contributed by atoms with Crippen LogP contribution in [0.1, 0.15) is 31.2 Å². The molecule has 0 saturated carbocycles. The topological polar surface area (TPSA) is 65.5 Å². The highest BCUT2D eigenvalue weighted by molar-refractivity contribution is 5.98. The van der Waals surface area contributed by atoms with Gasteiger partial charge >= 0.3 is 0 Å². The lowest BCUT2D eigenvalue weighted by Crippen LogP contribution is -2.35. The van der Waals surface area contributed by atoms with Crippen LogP contribution in [0.15, 0.2) is 48.8 Å². The number of pyridine rings is 1. The molecule has 1 aliphatic rings. The van der Waals surface area contributed by atoms with Crippen LogP contribution in [-0.4, -0.2) is 35.7 Å². The number of carbonyl (C=O) groups excluding carboxylic acids is 1. The van der Waals surface area contributed by atoms with Gasteiger partial charge in [-0.25, -0.2) is 0 Å². The number of hydrogen-bond acceptors (Lipinski definition) is 4. The minimum absolute atomic E-state index is 0.0364. The number of anilines is 2. The van der Waals surface area contributed by atoms with E-state index in [0.29, 0.717) is 5.92 Å². The molecule has 1 aliphatic heterocycles. The van der Waals surface area contributed by atoms with Crippen molar-refractivity contribution < 1.29 is 9.90 Å². The van der Waals surface area contributed by atoms with Crippen molar-refractivity contribution in [2.75, 3.05) is 29.9 Å². The minimum atomic E-state index is -0.262. The first-order valence-electron chi connectivity index (χ1n) is 8.84. The highest BCUT2D eigenvalue weighted by atomic mass is 16.3. The van der Waals surface area contributed by atoms with E-state index in [2.05, 4.69) is 15.2 Å². The fraction of sp³-hybridized carbons (Fsp3) is 0.400. The van der Waals surface area contributed by atoms with Gasteiger partial charge < -0.3 is 15.3 Å². The first-order chi connectivity index (χ1) is 12.2. The quantitative estimate of drug-likeness (QED) is 0.879. The Hall–Kier alpha value is -2.40. The predicted octanol–water partition coefficient (Wildman–Crippen LogP) is 3.03. The summed E-state index contributed by atoms with van der Waals surface area (Å²) in [5, 5.41) is 12.4. The zero-order valence-electron chi connectivity index (χ0n) is 14.6. The van der Waals surface area contributed by atoms with Crippen molar-refractivity contribution in [2.24, 2.45) is 5.92 Å². The molecule has 5 heteroatoms. The summed E-state index contributed by atoms with van der Waals surface area (Å²) in [6.07, 6.45) is 5.39. The molecule has 132 valence electrons. The van der Waals surface area contributed by atoms with E-state index >= 15 is 0 Å². The molecule has 0 bridgehead atoms. The highest BCUT2D eigenvalue weighted by Crippen LogP contribution is 2.30. The van der Waals surface area contributed by atoms with Crippen LogP contribution in [-0.2, 0) is 4.79 Å². The van der Waals surface area contributed by atoms with E-state index in [4.69, 9.17) is 0 Å². The fourth-order valence-electron chi connectivity index (χ4n) is 3.24. The van der Waals surface area contributed by atoms with Crippen LogP contribution in [0.4, 0.5) is 11.4 Å². The number of nitrogens with one attached hydrogen (secondary N) is 1. The minimum Gasteiger partial charge on any atom is -0.396 e. The molecule has 1 unspecified atom stereocenters. The molecule has 0 aliphatic carbocycles. The number of piperidine rings is 1. The van der Waals surface area contributed by atoms with Gasteiger partial charge in [0.1, 0.15) is 0 Å². The number of carbonyl (C=O) groups is 1. The number of nitrogens with zero attached hydrogens (tertiary/aromatic N) is 2. The summed E-state index contributed by atoms with van der Waals surface area (Å²) >= 11 is 0. The van der Waals surface area contributed by atoms with E-state index in [1.165, 1.54) is 0 Å². The van der Waals surface area contributed by atoms with Gasteiger partial charge in [0.2, 0.25) is 5.91 Å². The molecule has 1 aromatic heterocycles. The normalized spacial score (nSPS) is 16.5. The monoisotopic (exact) mass is 339 g/mol. The van der Waals surface area contributed by atoms with Crippen LogP contribution >= 0.6 is 0 Å². The van der Waals surface area contributed by atoms with Gasteiger partial charge in [0.05, 0.1) is 17.3 Å². The summed E-state index contributed by atoms with van der Waals surface area (Å²) in [6.45, 7) is 3.95.